The van der Waals surface area contributed by atoms with E-state index in [-0.39, 0.29) is 23.0 Å². The summed E-state index contributed by atoms with van der Waals surface area (Å²) in [4.78, 5) is 0. The van der Waals surface area contributed by atoms with E-state index in [1.54, 1.807) is 60.7 Å². The summed E-state index contributed by atoms with van der Waals surface area (Å²) >= 11 is 0. The van der Waals surface area contributed by atoms with Gasteiger partial charge in [0.05, 0.1) is 12.1 Å². The molecule has 0 saturated carbocycles. The van der Waals surface area contributed by atoms with Crippen LogP contribution in [0.3, 0.4) is 0 Å². The molecule has 5 N–H and O–H groups in total. The highest BCUT2D eigenvalue weighted by molar-refractivity contribution is 5.95. The molecule has 5 rings (SSSR count). The highest BCUT2D eigenvalue weighted by atomic mass is 16.3. The molecule has 2 atom stereocenters. The number of phenols is 4. The van der Waals surface area contributed by atoms with Crippen molar-refractivity contribution in [1.29, 1.82) is 0 Å². The van der Waals surface area contributed by atoms with Crippen LogP contribution in [0.5, 0.6) is 23.0 Å². The van der Waals surface area contributed by atoms with E-state index in [2.05, 4.69) is 5.32 Å². The first-order valence-corrected chi connectivity index (χ1v) is 9.35. The molecule has 0 radical (unpaired) electrons. The number of hydrogen-bond donors (Lipinski definition) is 5. The van der Waals surface area contributed by atoms with Crippen LogP contribution in [0, 0.1) is 0 Å². The van der Waals surface area contributed by atoms with Gasteiger partial charge in [-0.1, -0.05) is 48.5 Å². The first-order chi connectivity index (χ1) is 14.1. The van der Waals surface area contributed by atoms with Gasteiger partial charge in [0.1, 0.15) is 23.0 Å². The van der Waals surface area contributed by atoms with Gasteiger partial charge in [-0.25, -0.2) is 0 Å². The largest absolute Gasteiger partial charge is 0.508 e. The summed E-state index contributed by atoms with van der Waals surface area (Å²) < 4.78 is 0. The summed E-state index contributed by atoms with van der Waals surface area (Å²) in [6.45, 7) is 0. The maximum atomic E-state index is 10.7. The van der Waals surface area contributed by atoms with E-state index in [0.29, 0.717) is 27.6 Å². The minimum atomic E-state index is -0.543. The van der Waals surface area contributed by atoms with E-state index in [0.717, 1.165) is 5.39 Å². The van der Waals surface area contributed by atoms with Crippen molar-refractivity contribution in [3.8, 4) is 23.0 Å². The van der Waals surface area contributed by atoms with Crippen molar-refractivity contribution < 1.29 is 20.4 Å². The number of benzene rings is 4. The summed E-state index contributed by atoms with van der Waals surface area (Å²) in [6, 6.07) is 19.6. The lowest BCUT2D eigenvalue weighted by atomic mass is 9.81. The number of aromatic hydroxyl groups is 4. The van der Waals surface area contributed by atoms with Crippen molar-refractivity contribution in [3.63, 3.8) is 0 Å². The van der Waals surface area contributed by atoms with E-state index in [4.69, 9.17) is 0 Å². The van der Waals surface area contributed by atoms with Crippen molar-refractivity contribution >= 4 is 10.8 Å². The Balaban J connectivity index is 1.88. The Bertz CT molecular complexity index is 1160. The average molecular weight is 385 g/mol. The smallest absolute Gasteiger partial charge is 0.121 e. The molecule has 144 valence electrons. The minimum absolute atomic E-state index is 0.0702. The fourth-order valence-corrected chi connectivity index (χ4v) is 4.32. The van der Waals surface area contributed by atoms with Crippen molar-refractivity contribution in [2.75, 3.05) is 0 Å². The van der Waals surface area contributed by atoms with E-state index < -0.39 is 12.1 Å². The third-order valence-electron chi connectivity index (χ3n) is 5.63. The molecule has 29 heavy (non-hydrogen) atoms. The van der Waals surface area contributed by atoms with Crippen LogP contribution in [0.1, 0.15) is 34.3 Å². The van der Waals surface area contributed by atoms with E-state index in [9.17, 15) is 20.4 Å². The Labute approximate surface area is 167 Å². The molecule has 1 aliphatic heterocycles. The second kappa shape index (κ2) is 6.43. The van der Waals surface area contributed by atoms with Crippen LogP contribution in [-0.4, -0.2) is 20.4 Å². The molecule has 5 heteroatoms. The standard InChI is InChI=1S/C24H19NO4/c26-16-7-3-1-5-14(16)23-21-18(28)11-9-13-10-12-19(29)22(20(13)21)24(25-23)15-6-2-4-8-17(15)27/h1-12,23-29H/t23-,24-/m0/s1. The van der Waals surface area contributed by atoms with Crippen LogP contribution in [0.15, 0.2) is 72.8 Å². The van der Waals surface area contributed by atoms with Crippen molar-refractivity contribution in [2.45, 2.75) is 12.1 Å². The van der Waals surface area contributed by atoms with Gasteiger partial charge in [-0.3, -0.25) is 5.32 Å². The molecule has 0 aliphatic carbocycles. The van der Waals surface area contributed by atoms with Gasteiger partial charge in [0.2, 0.25) is 0 Å². The molecule has 1 heterocycles. The Morgan fingerprint density at radius 1 is 0.517 bits per heavy atom. The van der Waals surface area contributed by atoms with Gasteiger partial charge in [0, 0.05) is 22.3 Å². The number of phenolic OH excluding ortho intramolecular Hbond substituents is 4. The lowest BCUT2D eigenvalue weighted by molar-refractivity contribution is 0.412. The van der Waals surface area contributed by atoms with Crippen molar-refractivity contribution in [2.24, 2.45) is 0 Å². The number of rotatable bonds is 2. The minimum Gasteiger partial charge on any atom is -0.508 e. The lowest BCUT2D eigenvalue weighted by Crippen LogP contribution is -2.32. The summed E-state index contributed by atoms with van der Waals surface area (Å²) in [6.07, 6.45) is 0. The fourth-order valence-electron chi connectivity index (χ4n) is 4.32. The summed E-state index contributed by atoms with van der Waals surface area (Å²) in [5.74, 6) is 0.337. The third kappa shape index (κ3) is 2.59. The second-order valence-electron chi connectivity index (χ2n) is 7.25. The molecule has 0 spiro atoms. The van der Waals surface area contributed by atoms with E-state index >= 15 is 0 Å². The van der Waals surface area contributed by atoms with Crippen LogP contribution >= 0.6 is 0 Å². The normalized spacial score (nSPS) is 18.1. The molecule has 0 bridgehead atoms. The third-order valence-corrected chi connectivity index (χ3v) is 5.63. The molecule has 0 aromatic heterocycles. The van der Waals surface area contributed by atoms with Gasteiger partial charge in [-0.15, -0.1) is 0 Å². The predicted octanol–water partition coefficient (Wildman–Crippen LogP) is 4.44. The summed E-state index contributed by atoms with van der Waals surface area (Å²) in [5, 5.41) is 47.5. The maximum absolute atomic E-state index is 10.7. The Kier molecular flexibility index (Phi) is 3.86. The highest BCUT2D eigenvalue weighted by Crippen LogP contribution is 2.50. The molecule has 5 nitrogen and oxygen atoms in total. The quantitative estimate of drug-likeness (QED) is 0.352. The Morgan fingerprint density at radius 2 is 0.966 bits per heavy atom. The maximum Gasteiger partial charge on any atom is 0.121 e. The van der Waals surface area contributed by atoms with Crippen molar-refractivity contribution in [1.82, 2.24) is 5.32 Å². The van der Waals surface area contributed by atoms with Gasteiger partial charge in [0.25, 0.3) is 0 Å². The number of nitrogens with one attached hydrogen (secondary N) is 1. The molecule has 4 aromatic rings. The Morgan fingerprint density at radius 3 is 1.41 bits per heavy atom. The van der Waals surface area contributed by atoms with Crippen LogP contribution < -0.4 is 5.32 Å². The molecule has 0 unspecified atom stereocenters. The molecule has 0 amide bonds. The van der Waals surface area contributed by atoms with Gasteiger partial charge in [-0.05, 0) is 35.0 Å². The monoisotopic (exact) mass is 385 g/mol. The fraction of sp³-hybridized carbons (Fsp3) is 0.0833. The average Bonchev–Trinajstić information content (AvgIpc) is 2.72. The van der Waals surface area contributed by atoms with E-state index in [1.807, 2.05) is 12.1 Å². The zero-order valence-corrected chi connectivity index (χ0v) is 15.4. The Hall–Kier alpha value is -3.70. The van der Waals surface area contributed by atoms with Crippen LogP contribution in [0.25, 0.3) is 10.8 Å². The predicted molar refractivity (Wildman–Crippen MR) is 110 cm³/mol. The lowest BCUT2D eigenvalue weighted by Gasteiger charge is -2.35. The SMILES string of the molecule is Oc1ccccc1[C@@H]1N[C@@H](c2ccccc2O)c2c(O)ccc3ccc(O)c1c23. The molecule has 4 aromatic carbocycles. The number of para-hydroxylation sites is 2. The first-order valence-electron chi connectivity index (χ1n) is 9.35. The zero-order chi connectivity index (χ0) is 20.1. The van der Waals surface area contributed by atoms with Crippen LogP contribution in [0.2, 0.25) is 0 Å². The van der Waals surface area contributed by atoms with E-state index in [1.165, 1.54) is 0 Å². The van der Waals surface area contributed by atoms with Crippen LogP contribution in [0.4, 0.5) is 0 Å². The zero-order valence-electron chi connectivity index (χ0n) is 15.4. The second-order valence-corrected chi connectivity index (χ2v) is 7.25. The van der Waals surface area contributed by atoms with Crippen molar-refractivity contribution in [3.05, 3.63) is 95.1 Å². The molecular formula is C24H19NO4. The summed E-state index contributed by atoms with van der Waals surface area (Å²) in [7, 11) is 0. The molecule has 1 aliphatic rings. The van der Waals surface area contributed by atoms with Gasteiger partial charge < -0.3 is 20.4 Å². The number of hydrogen-bond acceptors (Lipinski definition) is 5. The van der Waals surface area contributed by atoms with Gasteiger partial charge in [-0.2, -0.15) is 0 Å². The molecule has 0 fully saturated rings. The van der Waals surface area contributed by atoms with Crippen LogP contribution in [-0.2, 0) is 0 Å². The molecular weight excluding hydrogens is 366 g/mol. The topological polar surface area (TPSA) is 93.0 Å². The molecule has 0 saturated heterocycles. The summed E-state index contributed by atoms with van der Waals surface area (Å²) in [5.41, 5.74) is 2.37. The van der Waals surface area contributed by atoms with Gasteiger partial charge in [0.15, 0.2) is 0 Å². The van der Waals surface area contributed by atoms with Gasteiger partial charge >= 0.3 is 0 Å². The highest BCUT2D eigenvalue weighted by Gasteiger charge is 2.35. The first kappa shape index (κ1) is 17.4.